The zero-order valence-corrected chi connectivity index (χ0v) is 15.1. The second-order valence-corrected chi connectivity index (χ2v) is 7.88. The number of amides is 1. The summed E-state index contributed by atoms with van der Waals surface area (Å²) in [5.74, 6) is 0.0805. The van der Waals surface area contributed by atoms with E-state index in [1.807, 2.05) is 6.07 Å². The summed E-state index contributed by atoms with van der Waals surface area (Å²) in [4.78, 5) is 18.0. The molecule has 1 aromatic carbocycles. The van der Waals surface area contributed by atoms with Crippen LogP contribution in [0.5, 0.6) is 0 Å². The fraction of sp³-hybridized carbons (Fsp3) is 0.333. The van der Waals surface area contributed by atoms with E-state index in [1.54, 1.807) is 55.3 Å². The van der Waals surface area contributed by atoms with Gasteiger partial charge in [-0.15, -0.1) is 0 Å². The predicted molar refractivity (Wildman–Crippen MR) is 95.7 cm³/mol. The molecule has 0 unspecified atom stereocenters. The van der Waals surface area contributed by atoms with Crippen LogP contribution in [-0.4, -0.2) is 25.9 Å². The lowest BCUT2D eigenvalue weighted by Crippen LogP contribution is -2.28. The maximum absolute atomic E-state index is 12.7. The minimum atomic E-state index is -3.69. The molecule has 1 N–H and O–H groups in total. The van der Waals surface area contributed by atoms with E-state index in [2.05, 4.69) is 9.71 Å². The van der Waals surface area contributed by atoms with Crippen molar-refractivity contribution in [3.05, 3.63) is 53.9 Å². The highest BCUT2D eigenvalue weighted by atomic mass is 32.2. The van der Waals surface area contributed by atoms with Gasteiger partial charge in [0.05, 0.1) is 16.6 Å². The summed E-state index contributed by atoms with van der Waals surface area (Å²) in [7, 11) is -3.69. The van der Waals surface area contributed by atoms with Crippen molar-refractivity contribution in [2.45, 2.75) is 37.6 Å². The Balaban J connectivity index is 1.84. The van der Waals surface area contributed by atoms with Gasteiger partial charge in [0.2, 0.25) is 15.9 Å². The van der Waals surface area contributed by atoms with Gasteiger partial charge in [-0.25, -0.2) is 13.1 Å². The van der Waals surface area contributed by atoms with Crippen LogP contribution >= 0.6 is 0 Å². The number of pyridine rings is 1. The minimum Gasteiger partial charge on any atom is -0.312 e. The number of benzene rings is 1. The quantitative estimate of drug-likeness (QED) is 0.890. The standard InChI is InChI=1S/C18H21N3O3S/c1-13-12-15(21-11-5-7-18(21)22)8-9-17(13)25(23,24)20-14(2)16-6-3-4-10-19-16/h3-4,6,8-10,12,14,20H,5,7,11H2,1-2H3/t14-/m1/s1. The van der Waals surface area contributed by atoms with Crippen LogP contribution in [0.3, 0.4) is 0 Å². The van der Waals surface area contributed by atoms with Gasteiger partial charge in [-0.2, -0.15) is 0 Å². The topological polar surface area (TPSA) is 79.4 Å². The van der Waals surface area contributed by atoms with Crippen molar-refractivity contribution < 1.29 is 13.2 Å². The van der Waals surface area contributed by atoms with E-state index in [-0.39, 0.29) is 10.8 Å². The van der Waals surface area contributed by atoms with E-state index in [1.165, 1.54) is 0 Å². The number of rotatable bonds is 5. The molecule has 3 rings (SSSR count). The average molecular weight is 359 g/mol. The summed E-state index contributed by atoms with van der Waals surface area (Å²) in [6.45, 7) is 4.18. The molecule has 1 atom stereocenters. The molecule has 6 nitrogen and oxygen atoms in total. The molecule has 1 aliphatic heterocycles. The second kappa shape index (κ2) is 6.93. The smallest absolute Gasteiger partial charge is 0.241 e. The number of hydrogen-bond acceptors (Lipinski definition) is 4. The molecule has 0 radical (unpaired) electrons. The highest BCUT2D eigenvalue weighted by Gasteiger charge is 2.25. The molecule has 1 amide bonds. The number of aryl methyl sites for hydroxylation is 1. The molecular weight excluding hydrogens is 338 g/mol. The first-order chi connectivity index (χ1) is 11.9. The number of nitrogens with zero attached hydrogens (tertiary/aromatic N) is 2. The van der Waals surface area contributed by atoms with Crippen molar-refractivity contribution in [2.75, 3.05) is 11.4 Å². The Bertz CT molecular complexity index is 882. The zero-order chi connectivity index (χ0) is 18.0. The molecule has 1 saturated heterocycles. The lowest BCUT2D eigenvalue weighted by atomic mass is 10.2. The summed E-state index contributed by atoms with van der Waals surface area (Å²) < 4.78 is 28.1. The number of nitrogens with one attached hydrogen (secondary N) is 1. The van der Waals surface area contributed by atoms with Crippen molar-refractivity contribution in [3.63, 3.8) is 0 Å². The van der Waals surface area contributed by atoms with Gasteiger partial charge in [0.15, 0.2) is 0 Å². The number of carbonyl (C=O) groups is 1. The zero-order valence-electron chi connectivity index (χ0n) is 14.3. The van der Waals surface area contributed by atoms with Gasteiger partial charge >= 0.3 is 0 Å². The monoisotopic (exact) mass is 359 g/mol. The Labute approximate surface area is 147 Å². The van der Waals surface area contributed by atoms with E-state index in [0.29, 0.717) is 24.2 Å². The second-order valence-electron chi connectivity index (χ2n) is 6.20. The van der Waals surface area contributed by atoms with Gasteiger partial charge in [-0.3, -0.25) is 9.78 Å². The van der Waals surface area contributed by atoms with Crippen molar-refractivity contribution in [2.24, 2.45) is 0 Å². The molecule has 2 aromatic rings. The fourth-order valence-electron chi connectivity index (χ4n) is 3.01. The normalized spacial score (nSPS) is 16.2. The maximum atomic E-state index is 12.7. The SMILES string of the molecule is Cc1cc(N2CCCC2=O)ccc1S(=O)(=O)N[C@H](C)c1ccccn1. The van der Waals surface area contributed by atoms with Gasteiger partial charge in [-0.1, -0.05) is 6.07 Å². The van der Waals surface area contributed by atoms with Crippen LogP contribution in [0, 0.1) is 6.92 Å². The summed E-state index contributed by atoms with van der Waals surface area (Å²) in [5, 5.41) is 0. The van der Waals surface area contributed by atoms with Crippen LogP contribution in [0.2, 0.25) is 0 Å². The van der Waals surface area contributed by atoms with Crippen LogP contribution < -0.4 is 9.62 Å². The Morgan fingerprint density at radius 1 is 1.24 bits per heavy atom. The predicted octanol–water partition coefficient (Wildman–Crippen LogP) is 2.56. The van der Waals surface area contributed by atoms with Gasteiger partial charge < -0.3 is 4.90 Å². The number of hydrogen-bond donors (Lipinski definition) is 1. The molecule has 2 heterocycles. The Kier molecular flexibility index (Phi) is 4.87. The molecule has 7 heteroatoms. The van der Waals surface area contributed by atoms with Gasteiger partial charge in [-0.05, 0) is 56.2 Å². The molecule has 1 fully saturated rings. The Morgan fingerprint density at radius 3 is 2.64 bits per heavy atom. The third-order valence-electron chi connectivity index (χ3n) is 4.30. The van der Waals surface area contributed by atoms with Crippen molar-refractivity contribution in [1.29, 1.82) is 0 Å². The minimum absolute atomic E-state index is 0.0805. The number of carbonyl (C=O) groups excluding carboxylic acids is 1. The van der Waals surface area contributed by atoms with Gasteiger partial charge in [0.25, 0.3) is 0 Å². The molecule has 1 aromatic heterocycles. The molecule has 132 valence electrons. The summed E-state index contributed by atoms with van der Waals surface area (Å²) in [6.07, 6.45) is 3.01. The summed E-state index contributed by atoms with van der Waals surface area (Å²) in [5.41, 5.74) is 2.01. The van der Waals surface area contributed by atoms with E-state index in [9.17, 15) is 13.2 Å². The molecular formula is C18H21N3O3S. The Morgan fingerprint density at radius 2 is 2.04 bits per heavy atom. The average Bonchev–Trinajstić information content (AvgIpc) is 3.01. The van der Waals surface area contributed by atoms with Crippen LogP contribution in [0.4, 0.5) is 5.69 Å². The van der Waals surface area contributed by atoms with Crippen LogP contribution in [0.1, 0.15) is 37.1 Å². The van der Waals surface area contributed by atoms with Crippen molar-refractivity contribution in [1.82, 2.24) is 9.71 Å². The molecule has 0 saturated carbocycles. The highest BCUT2D eigenvalue weighted by molar-refractivity contribution is 7.89. The number of anilines is 1. The first-order valence-corrected chi connectivity index (χ1v) is 9.71. The fourth-order valence-corrected chi connectivity index (χ4v) is 4.46. The van der Waals surface area contributed by atoms with E-state index in [0.717, 1.165) is 12.1 Å². The third-order valence-corrected chi connectivity index (χ3v) is 6.00. The molecule has 0 spiro atoms. The Hall–Kier alpha value is -2.25. The van der Waals surface area contributed by atoms with E-state index >= 15 is 0 Å². The lowest BCUT2D eigenvalue weighted by Gasteiger charge is -2.19. The van der Waals surface area contributed by atoms with Crippen molar-refractivity contribution in [3.8, 4) is 0 Å². The highest BCUT2D eigenvalue weighted by Crippen LogP contribution is 2.26. The van der Waals surface area contributed by atoms with Gasteiger partial charge in [0.1, 0.15) is 0 Å². The van der Waals surface area contributed by atoms with Crippen LogP contribution in [0.25, 0.3) is 0 Å². The maximum Gasteiger partial charge on any atom is 0.241 e. The molecule has 25 heavy (non-hydrogen) atoms. The first kappa shape index (κ1) is 17.6. The lowest BCUT2D eigenvalue weighted by molar-refractivity contribution is -0.117. The summed E-state index contributed by atoms with van der Waals surface area (Å²) in [6, 6.07) is 9.95. The third kappa shape index (κ3) is 3.72. The van der Waals surface area contributed by atoms with Crippen molar-refractivity contribution >= 4 is 21.6 Å². The molecule has 1 aliphatic rings. The number of aromatic nitrogens is 1. The first-order valence-electron chi connectivity index (χ1n) is 8.23. The van der Waals surface area contributed by atoms with Crippen LogP contribution in [0.15, 0.2) is 47.5 Å². The van der Waals surface area contributed by atoms with Crippen LogP contribution in [-0.2, 0) is 14.8 Å². The molecule has 0 bridgehead atoms. The largest absolute Gasteiger partial charge is 0.312 e. The van der Waals surface area contributed by atoms with Gasteiger partial charge in [0, 0.05) is 24.8 Å². The van der Waals surface area contributed by atoms with E-state index < -0.39 is 16.1 Å². The van der Waals surface area contributed by atoms with E-state index in [4.69, 9.17) is 0 Å². The number of sulfonamides is 1. The summed E-state index contributed by atoms with van der Waals surface area (Å²) >= 11 is 0. The molecule has 0 aliphatic carbocycles.